The number of nitrogens with zero attached hydrogens (tertiary/aromatic N) is 3. The summed E-state index contributed by atoms with van der Waals surface area (Å²) in [5.74, 6) is 0.580. The van der Waals surface area contributed by atoms with Crippen LogP contribution in [-0.2, 0) is 17.8 Å². The molecule has 0 atom stereocenters. The molecule has 5 N–H and O–H groups in total. The molecule has 0 unspecified atom stereocenters. The van der Waals surface area contributed by atoms with Gasteiger partial charge in [-0.15, -0.1) is 0 Å². The summed E-state index contributed by atoms with van der Waals surface area (Å²) in [6.07, 6.45) is 2.85. The van der Waals surface area contributed by atoms with Gasteiger partial charge in [0.15, 0.2) is 0 Å². The SMILES string of the molecule is CCOCCNc1ccc2cc1CN(CCN)CCCNCc1ccc(cc1)-c1ccnc(n1)N2. The molecule has 8 nitrogen and oxygen atoms in total. The molecular weight excluding hydrogens is 438 g/mol. The molecule has 0 amide bonds. The predicted octanol–water partition coefficient (Wildman–Crippen LogP) is 3.59. The minimum absolute atomic E-state index is 0.580. The van der Waals surface area contributed by atoms with Crippen LogP contribution in [0.15, 0.2) is 54.7 Å². The number of hydrogen-bond donors (Lipinski definition) is 4. The van der Waals surface area contributed by atoms with Crippen molar-refractivity contribution in [2.45, 2.75) is 26.4 Å². The van der Waals surface area contributed by atoms with Crippen molar-refractivity contribution in [2.75, 3.05) is 56.6 Å². The van der Waals surface area contributed by atoms with Gasteiger partial charge in [0, 0.05) is 62.5 Å². The molecule has 1 aromatic heterocycles. The Hall–Kier alpha value is -3.04. The summed E-state index contributed by atoms with van der Waals surface area (Å²) >= 11 is 0. The van der Waals surface area contributed by atoms with E-state index in [1.54, 1.807) is 6.20 Å². The maximum Gasteiger partial charge on any atom is 0.227 e. The minimum Gasteiger partial charge on any atom is -0.382 e. The normalized spacial score (nSPS) is 14.7. The van der Waals surface area contributed by atoms with E-state index in [1.807, 2.05) is 13.0 Å². The smallest absolute Gasteiger partial charge is 0.227 e. The third-order valence-electron chi connectivity index (χ3n) is 6.03. The van der Waals surface area contributed by atoms with Gasteiger partial charge < -0.3 is 26.4 Å². The van der Waals surface area contributed by atoms with Crippen LogP contribution >= 0.6 is 0 Å². The van der Waals surface area contributed by atoms with Crippen LogP contribution < -0.4 is 21.7 Å². The zero-order chi connectivity index (χ0) is 24.3. The van der Waals surface area contributed by atoms with Gasteiger partial charge in [-0.1, -0.05) is 24.3 Å². The molecule has 0 radical (unpaired) electrons. The Morgan fingerprint density at radius 3 is 2.86 bits per heavy atom. The molecule has 35 heavy (non-hydrogen) atoms. The lowest BCUT2D eigenvalue weighted by Crippen LogP contribution is -2.32. The minimum atomic E-state index is 0.580. The summed E-state index contributed by atoms with van der Waals surface area (Å²) in [6.45, 7) is 9.25. The number of nitrogens with two attached hydrogens (primary N) is 1. The predicted molar refractivity (Wildman–Crippen MR) is 143 cm³/mol. The van der Waals surface area contributed by atoms with E-state index in [4.69, 9.17) is 15.5 Å². The number of rotatable bonds is 7. The third-order valence-corrected chi connectivity index (χ3v) is 6.03. The number of ether oxygens (including phenoxy) is 1. The Balaban J connectivity index is 1.63. The highest BCUT2D eigenvalue weighted by atomic mass is 16.5. The summed E-state index contributed by atoms with van der Waals surface area (Å²) in [5.41, 5.74) is 12.5. The van der Waals surface area contributed by atoms with E-state index in [9.17, 15) is 0 Å². The summed E-state index contributed by atoms with van der Waals surface area (Å²) in [4.78, 5) is 11.6. The van der Waals surface area contributed by atoms with Crippen molar-refractivity contribution >= 4 is 17.3 Å². The number of benzene rings is 2. The zero-order valence-electron chi connectivity index (χ0n) is 20.6. The van der Waals surface area contributed by atoms with Crippen molar-refractivity contribution in [3.8, 4) is 11.3 Å². The lowest BCUT2D eigenvalue weighted by molar-refractivity contribution is 0.158. The molecule has 3 aromatic rings. The van der Waals surface area contributed by atoms with Crippen molar-refractivity contribution in [3.05, 3.63) is 65.9 Å². The first-order valence-corrected chi connectivity index (χ1v) is 12.5. The topological polar surface area (TPSA) is 100 Å². The van der Waals surface area contributed by atoms with Gasteiger partial charge in [-0.05, 0) is 61.8 Å². The highest BCUT2D eigenvalue weighted by molar-refractivity contribution is 5.65. The van der Waals surface area contributed by atoms with Gasteiger partial charge >= 0.3 is 0 Å². The Kier molecular flexibility index (Phi) is 9.42. The third kappa shape index (κ3) is 7.47. The average molecular weight is 476 g/mol. The second-order valence-electron chi connectivity index (χ2n) is 8.68. The van der Waals surface area contributed by atoms with Crippen LogP contribution in [0.4, 0.5) is 17.3 Å². The van der Waals surface area contributed by atoms with Crippen molar-refractivity contribution < 1.29 is 4.74 Å². The highest BCUT2D eigenvalue weighted by Crippen LogP contribution is 2.25. The van der Waals surface area contributed by atoms with Crippen LogP contribution in [0.3, 0.4) is 0 Å². The molecule has 8 heteroatoms. The summed E-state index contributed by atoms with van der Waals surface area (Å²) in [5, 5.41) is 10.5. The van der Waals surface area contributed by atoms with E-state index >= 15 is 0 Å². The van der Waals surface area contributed by atoms with Crippen LogP contribution in [0.1, 0.15) is 24.5 Å². The number of nitrogens with one attached hydrogen (secondary N) is 3. The Bertz CT molecular complexity index is 1060. The number of hydrogen-bond acceptors (Lipinski definition) is 8. The van der Waals surface area contributed by atoms with Crippen LogP contribution in [-0.4, -0.2) is 60.8 Å². The van der Waals surface area contributed by atoms with E-state index in [-0.39, 0.29) is 0 Å². The molecule has 0 aliphatic carbocycles. The fourth-order valence-corrected chi connectivity index (χ4v) is 4.23. The quantitative estimate of drug-likeness (QED) is 0.385. The fraction of sp³-hybridized carbons (Fsp3) is 0.407. The Morgan fingerprint density at radius 1 is 1.14 bits per heavy atom. The van der Waals surface area contributed by atoms with E-state index in [1.165, 1.54) is 11.1 Å². The maximum atomic E-state index is 5.96. The molecule has 0 spiro atoms. The highest BCUT2D eigenvalue weighted by Gasteiger charge is 2.12. The first-order chi connectivity index (χ1) is 17.2. The Labute approximate surface area is 208 Å². The lowest BCUT2D eigenvalue weighted by atomic mass is 10.1. The molecule has 2 aliphatic rings. The molecule has 3 heterocycles. The molecule has 2 aliphatic heterocycles. The summed E-state index contributed by atoms with van der Waals surface area (Å²) in [6, 6.07) is 16.9. The first-order valence-electron chi connectivity index (χ1n) is 12.5. The molecule has 0 saturated heterocycles. The molecule has 0 fully saturated rings. The lowest BCUT2D eigenvalue weighted by Gasteiger charge is -2.24. The van der Waals surface area contributed by atoms with Crippen LogP contribution in [0.2, 0.25) is 0 Å². The van der Waals surface area contributed by atoms with Gasteiger partial charge in [0.05, 0.1) is 12.3 Å². The Morgan fingerprint density at radius 2 is 2.03 bits per heavy atom. The van der Waals surface area contributed by atoms with Crippen molar-refractivity contribution in [1.82, 2.24) is 20.2 Å². The van der Waals surface area contributed by atoms with Gasteiger partial charge in [0.25, 0.3) is 0 Å². The van der Waals surface area contributed by atoms with Crippen molar-refractivity contribution in [3.63, 3.8) is 0 Å². The second-order valence-corrected chi connectivity index (χ2v) is 8.68. The van der Waals surface area contributed by atoms with Gasteiger partial charge in [-0.25, -0.2) is 9.97 Å². The monoisotopic (exact) mass is 475 g/mol. The van der Waals surface area contributed by atoms with E-state index < -0.39 is 0 Å². The largest absolute Gasteiger partial charge is 0.382 e. The molecular formula is C27H37N7O. The number of fused-ring (bicyclic) bond motifs is 8. The van der Waals surface area contributed by atoms with Crippen molar-refractivity contribution in [1.29, 1.82) is 0 Å². The van der Waals surface area contributed by atoms with Crippen LogP contribution in [0, 0.1) is 0 Å². The summed E-state index contributed by atoms with van der Waals surface area (Å²) < 4.78 is 5.51. The number of aromatic nitrogens is 2. The van der Waals surface area contributed by atoms with Gasteiger partial charge in [-0.2, -0.15) is 0 Å². The molecule has 5 rings (SSSR count). The molecule has 2 aromatic carbocycles. The molecule has 6 bridgehead atoms. The summed E-state index contributed by atoms with van der Waals surface area (Å²) in [7, 11) is 0. The maximum absolute atomic E-state index is 5.96. The fourth-order valence-electron chi connectivity index (χ4n) is 4.23. The van der Waals surface area contributed by atoms with E-state index in [0.717, 1.165) is 74.9 Å². The van der Waals surface area contributed by atoms with E-state index in [0.29, 0.717) is 19.1 Å². The molecule has 0 saturated carbocycles. The second kappa shape index (κ2) is 13.2. The van der Waals surface area contributed by atoms with Gasteiger partial charge in [0.1, 0.15) is 0 Å². The zero-order valence-corrected chi connectivity index (χ0v) is 20.6. The van der Waals surface area contributed by atoms with Crippen LogP contribution in [0.5, 0.6) is 0 Å². The van der Waals surface area contributed by atoms with Crippen molar-refractivity contribution in [2.24, 2.45) is 5.73 Å². The van der Waals surface area contributed by atoms with Gasteiger partial charge in [-0.3, -0.25) is 4.90 Å². The van der Waals surface area contributed by atoms with E-state index in [2.05, 4.69) is 68.3 Å². The first kappa shape index (κ1) is 25.1. The van der Waals surface area contributed by atoms with Gasteiger partial charge in [0.2, 0.25) is 5.95 Å². The standard InChI is InChI=1S/C27H37N7O/c1-2-35-17-14-30-25-9-8-24-18-23(25)20-34(16-11-28)15-3-12-29-19-21-4-6-22(7-5-21)26-10-13-31-27(32-24)33-26/h4-10,13,18,29-30H,2-3,11-12,14-17,19-20,28H2,1H3,(H,31,32,33). The van der Waals surface area contributed by atoms with Crippen LogP contribution in [0.25, 0.3) is 11.3 Å². The number of anilines is 3. The molecule has 186 valence electrons. The average Bonchev–Trinajstić information content (AvgIpc) is 2.87.